The second-order valence-electron chi connectivity index (χ2n) is 12.8. The minimum Gasteiger partial charge on any atom is -0.393 e. The Morgan fingerprint density at radius 2 is 1.77 bits per heavy atom. The number of rotatable bonds is 2. The van der Waals surface area contributed by atoms with E-state index in [9.17, 15) is 5.11 Å². The molecule has 0 aromatic rings. The summed E-state index contributed by atoms with van der Waals surface area (Å²) in [6.07, 6.45) is 12.6. The number of aliphatic hydroxyl groups is 1. The maximum absolute atomic E-state index is 11.4. The summed E-state index contributed by atoms with van der Waals surface area (Å²) in [4.78, 5) is 5.01. The van der Waals surface area contributed by atoms with E-state index in [-0.39, 0.29) is 6.10 Å². The van der Waals surface area contributed by atoms with Crippen molar-refractivity contribution in [2.45, 2.75) is 104 Å². The van der Waals surface area contributed by atoms with Crippen LogP contribution >= 0.6 is 0 Å². The number of hydrogen-bond acceptors (Lipinski definition) is 3. The molecule has 1 aliphatic heterocycles. The summed E-state index contributed by atoms with van der Waals surface area (Å²) < 4.78 is 0. The van der Waals surface area contributed by atoms with E-state index in [1.54, 1.807) is 0 Å². The molecule has 0 amide bonds. The van der Waals surface area contributed by atoms with Crippen molar-refractivity contribution in [3.63, 3.8) is 0 Å². The van der Waals surface area contributed by atoms with E-state index in [2.05, 4.69) is 27.7 Å². The zero-order valence-corrected chi connectivity index (χ0v) is 19.9. The van der Waals surface area contributed by atoms with Gasteiger partial charge in [-0.2, -0.15) is 0 Å². The number of aliphatic hydroxyl groups excluding tert-OH is 1. The van der Waals surface area contributed by atoms with Crippen LogP contribution in [-0.2, 0) is 0 Å². The highest BCUT2D eigenvalue weighted by Gasteiger charge is 2.63. The number of nitrogens with two attached hydrogens (primary N) is 1. The fourth-order valence-corrected chi connectivity index (χ4v) is 9.66. The number of aliphatic imine (C=N–C) groups is 1. The van der Waals surface area contributed by atoms with Crippen molar-refractivity contribution in [1.82, 2.24) is 0 Å². The Morgan fingerprint density at radius 1 is 1.00 bits per heavy atom. The Kier molecular flexibility index (Phi) is 5.41. The van der Waals surface area contributed by atoms with Gasteiger partial charge >= 0.3 is 0 Å². The summed E-state index contributed by atoms with van der Waals surface area (Å²) in [6.45, 7) is 10.9. The van der Waals surface area contributed by atoms with Crippen molar-refractivity contribution in [1.29, 1.82) is 0 Å². The SMILES string of the molecule is CC1CCC(C(C)C2C(O)CC3C4CCC5CC(N)CCC5(C)C4CCC32C)=NC1. The number of hydrogen-bond donors (Lipinski definition) is 2. The fraction of sp³-hybridized carbons (Fsp3) is 0.963. The van der Waals surface area contributed by atoms with Gasteiger partial charge in [0.15, 0.2) is 0 Å². The Hall–Kier alpha value is -0.410. The summed E-state index contributed by atoms with van der Waals surface area (Å²) in [5.74, 6) is 4.80. The molecule has 30 heavy (non-hydrogen) atoms. The van der Waals surface area contributed by atoms with Crippen LogP contribution in [0.25, 0.3) is 0 Å². The lowest BCUT2D eigenvalue weighted by atomic mass is 9.44. The minimum atomic E-state index is -0.138. The van der Waals surface area contributed by atoms with Crippen LogP contribution < -0.4 is 5.73 Å². The molecule has 3 nitrogen and oxygen atoms in total. The van der Waals surface area contributed by atoms with Crippen molar-refractivity contribution in [3.05, 3.63) is 0 Å². The lowest BCUT2D eigenvalue weighted by molar-refractivity contribution is -0.115. The zero-order chi connectivity index (χ0) is 21.3. The van der Waals surface area contributed by atoms with Gasteiger partial charge in [0.1, 0.15) is 0 Å². The monoisotopic (exact) mass is 414 g/mol. The molecule has 0 radical (unpaired) electrons. The van der Waals surface area contributed by atoms with Crippen LogP contribution in [0.2, 0.25) is 0 Å². The normalized spacial score (nSPS) is 54.5. The topological polar surface area (TPSA) is 58.6 Å². The average Bonchev–Trinajstić information content (AvgIpc) is 2.98. The summed E-state index contributed by atoms with van der Waals surface area (Å²) in [7, 11) is 0. The van der Waals surface area contributed by atoms with E-state index in [0.29, 0.717) is 34.6 Å². The van der Waals surface area contributed by atoms with E-state index < -0.39 is 0 Å². The molecule has 1 heterocycles. The third-order valence-corrected chi connectivity index (χ3v) is 11.4. The Morgan fingerprint density at radius 3 is 2.50 bits per heavy atom. The standard InChI is InChI=1S/C27H46N2O/c1-16-5-8-23(29-15-16)17(2)25-24(30)14-22-20-7-6-18-13-19(28)9-11-26(18,3)21(20)10-12-27(22,25)4/h16-22,24-25,30H,5-15,28H2,1-4H3. The minimum absolute atomic E-state index is 0.138. The zero-order valence-electron chi connectivity index (χ0n) is 19.9. The molecular formula is C27H46N2O. The average molecular weight is 415 g/mol. The molecule has 11 unspecified atom stereocenters. The molecule has 0 spiro atoms. The van der Waals surface area contributed by atoms with Gasteiger partial charge in [-0.3, -0.25) is 4.99 Å². The van der Waals surface area contributed by atoms with Crippen molar-refractivity contribution in [3.8, 4) is 0 Å². The smallest absolute Gasteiger partial charge is 0.0582 e. The Labute approximate surface area is 184 Å². The van der Waals surface area contributed by atoms with E-state index in [0.717, 1.165) is 43.1 Å². The van der Waals surface area contributed by atoms with Crippen LogP contribution in [-0.4, -0.2) is 29.5 Å². The maximum Gasteiger partial charge on any atom is 0.0582 e. The van der Waals surface area contributed by atoms with Gasteiger partial charge in [-0.05, 0) is 116 Å². The molecule has 5 rings (SSSR count). The van der Waals surface area contributed by atoms with E-state index in [1.807, 2.05) is 0 Å². The summed E-state index contributed by atoms with van der Waals surface area (Å²) in [5, 5.41) is 11.4. The summed E-state index contributed by atoms with van der Waals surface area (Å²) in [5.41, 5.74) is 8.58. The van der Waals surface area contributed by atoms with Gasteiger partial charge in [0.05, 0.1) is 6.10 Å². The third-order valence-electron chi connectivity index (χ3n) is 11.4. The van der Waals surface area contributed by atoms with Gasteiger partial charge in [0.25, 0.3) is 0 Å². The molecule has 170 valence electrons. The van der Waals surface area contributed by atoms with Gasteiger partial charge in [-0.15, -0.1) is 0 Å². The van der Waals surface area contributed by atoms with Crippen molar-refractivity contribution in [2.75, 3.05) is 6.54 Å². The van der Waals surface area contributed by atoms with Gasteiger partial charge < -0.3 is 10.8 Å². The molecule has 3 heteroatoms. The van der Waals surface area contributed by atoms with Gasteiger partial charge in [-0.25, -0.2) is 0 Å². The molecule has 0 aromatic carbocycles. The highest BCUT2D eigenvalue weighted by atomic mass is 16.3. The number of fused-ring (bicyclic) bond motifs is 5. The van der Waals surface area contributed by atoms with Crippen LogP contribution in [0.4, 0.5) is 0 Å². The van der Waals surface area contributed by atoms with E-state index in [4.69, 9.17) is 10.7 Å². The second-order valence-corrected chi connectivity index (χ2v) is 12.8. The van der Waals surface area contributed by atoms with Gasteiger partial charge in [0.2, 0.25) is 0 Å². The van der Waals surface area contributed by atoms with Crippen LogP contribution in [0.15, 0.2) is 4.99 Å². The van der Waals surface area contributed by atoms with Crippen molar-refractivity contribution < 1.29 is 5.11 Å². The Bertz CT molecular complexity index is 690. The lowest BCUT2D eigenvalue weighted by Gasteiger charge is -2.61. The first-order valence-corrected chi connectivity index (χ1v) is 13.2. The predicted molar refractivity (Wildman–Crippen MR) is 124 cm³/mol. The quantitative estimate of drug-likeness (QED) is 0.631. The first-order chi connectivity index (χ1) is 14.2. The van der Waals surface area contributed by atoms with Gasteiger partial charge in [0, 0.05) is 18.3 Å². The molecule has 3 N–H and O–H groups in total. The van der Waals surface area contributed by atoms with E-state index in [1.165, 1.54) is 57.1 Å². The molecular weight excluding hydrogens is 368 g/mol. The second kappa shape index (κ2) is 7.58. The predicted octanol–water partition coefficient (Wildman–Crippen LogP) is 5.45. The molecule has 0 saturated heterocycles. The summed E-state index contributed by atoms with van der Waals surface area (Å²) in [6, 6.07) is 0.436. The lowest BCUT2D eigenvalue weighted by Crippen LogP contribution is -2.55. The molecule has 4 aliphatic carbocycles. The number of nitrogens with zero attached hydrogens (tertiary/aromatic N) is 1. The maximum atomic E-state index is 11.4. The van der Waals surface area contributed by atoms with Crippen molar-refractivity contribution in [2.24, 2.45) is 63.0 Å². The first kappa shape index (κ1) is 21.4. The summed E-state index contributed by atoms with van der Waals surface area (Å²) >= 11 is 0. The molecule has 4 fully saturated rings. The van der Waals surface area contributed by atoms with Crippen LogP contribution in [0.1, 0.15) is 91.9 Å². The van der Waals surface area contributed by atoms with E-state index >= 15 is 0 Å². The largest absolute Gasteiger partial charge is 0.393 e. The molecule has 5 aliphatic rings. The third kappa shape index (κ3) is 3.16. The molecule has 11 atom stereocenters. The fourth-order valence-electron chi connectivity index (χ4n) is 9.66. The van der Waals surface area contributed by atoms with Crippen molar-refractivity contribution >= 4 is 5.71 Å². The van der Waals surface area contributed by atoms with Gasteiger partial charge in [-0.1, -0.05) is 27.7 Å². The molecule has 4 saturated carbocycles. The van der Waals surface area contributed by atoms with Crippen LogP contribution in [0, 0.1) is 52.3 Å². The highest BCUT2D eigenvalue weighted by Crippen LogP contribution is 2.68. The first-order valence-electron chi connectivity index (χ1n) is 13.2. The molecule has 0 aromatic heterocycles. The highest BCUT2D eigenvalue weighted by molar-refractivity contribution is 5.87. The Balaban J connectivity index is 1.39. The van der Waals surface area contributed by atoms with Crippen LogP contribution in [0.5, 0.6) is 0 Å². The van der Waals surface area contributed by atoms with Crippen LogP contribution in [0.3, 0.4) is 0 Å². The molecule has 0 bridgehead atoms.